The molecular formula is C12H19N3O5. The molecule has 0 aliphatic carbocycles. The van der Waals surface area contributed by atoms with E-state index < -0.39 is 29.2 Å². The predicted molar refractivity (Wildman–Crippen MR) is 70.3 cm³/mol. The number of nitrogens with zero attached hydrogens (tertiary/aromatic N) is 1. The van der Waals surface area contributed by atoms with Gasteiger partial charge >= 0.3 is 5.69 Å². The molecule has 1 aliphatic heterocycles. The normalized spacial score (nSPS) is 29.8. The third-order valence-electron chi connectivity index (χ3n) is 3.69. The molecule has 20 heavy (non-hydrogen) atoms. The number of nitrogens with one attached hydrogen (secondary N) is 1. The Labute approximate surface area is 114 Å². The van der Waals surface area contributed by atoms with Gasteiger partial charge in [0.05, 0.1) is 12.7 Å². The summed E-state index contributed by atoms with van der Waals surface area (Å²) in [7, 11) is 0. The first-order valence-electron chi connectivity index (χ1n) is 6.42. The molecule has 2 heterocycles. The van der Waals surface area contributed by atoms with Crippen LogP contribution in [0.1, 0.15) is 24.6 Å². The highest BCUT2D eigenvalue weighted by molar-refractivity contribution is 5.03. The third-order valence-corrected chi connectivity index (χ3v) is 3.69. The van der Waals surface area contributed by atoms with Crippen LogP contribution >= 0.6 is 0 Å². The van der Waals surface area contributed by atoms with Crippen molar-refractivity contribution in [3.05, 3.63) is 32.6 Å². The van der Waals surface area contributed by atoms with Crippen LogP contribution in [0, 0.1) is 6.92 Å². The lowest BCUT2D eigenvalue weighted by Gasteiger charge is -2.29. The summed E-state index contributed by atoms with van der Waals surface area (Å²) in [6, 6.07) is 0. The van der Waals surface area contributed by atoms with Gasteiger partial charge in [0.25, 0.3) is 5.56 Å². The van der Waals surface area contributed by atoms with Crippen molar-refractivity contribution >= 4 is 0 Å². The van der Waals surface area contributed by atoms with Gasteiger partial charge in [0.1, 0.15) is 11.8 Å². The number of aliphatic hydroxyl groups excluding tert-OH is 2. The molecule has 0 unspecified atom stereocenters. The Bertz CT molecular complexity index is 595. The fourth-order valence-electron chi connectivity index (χ4n) is 2.47. The standard InChI is InChI=1S/C12H19N3O5/c1-7-5-15(11(19)14-10(7)18)9-4-8(17)12(6-16,20-9)2-3-13/h5,8-9,16-17H,2-4,6,13H2,1H3,(H,14,18,19)/t8-,9+,12+/m0/s1. The molecule has 1 aromatic heterocycles. The number of aliphatic hydroxyl groups is 2. The van der Waals surface area contributed by atoms with Crippen molar-refractivity contribution in [1.82, 2.24) is 9.55 Å². The molecule has 0 amide bonds. The van der Waals surface area contributed by atoms with Gasteiger partial charge in [-0.2, -0.15) is 0 Å². The molecular weight excluding hydrogens is 266 g/mol. The third kappa shape index (κ3) is 2.42. The lowest BCUT2D eigenvalue weighted by Crippen LogP contribution is -2.45. The van der Waals surface area contributed by atoms with Crippen LogP contribution in [0.25, 0.3) is 0 Å². The first-order valence-corrected chi connectivity index (χ1v) is 6.42. The zero-order valence-corrected chi connectivity index (χ0v) is 11.2. The van der Waals surface area contributed by atoms with Crippen molar-refractivity contribution in [2.45, 2.75) is 37.7 Å². The number of ether oxygens (including phenoxy) is 1. The Kier molecular flexibility index (Phi) is 4.09. The van der Waals surface area contributed by atoms with Crippen LogP contribution in [0.15, 0.2) is 15.8 Å². The lowest BCUT2D eigenvalue weighted by molar-refractivity contribution is -0.131. The molecule has 8 nitrogen and oxygen atoms in total. The number of rotatable bonds is 4. The van der Waals surface area contributed by atoms with Gasteiger partial charge in [0.15, 0.2) is 0 Å². The number of H-pyrrole nitrogens is 1. The Morgan fingerprint density at radius 1 is 1.60 bits per heavy atom. The number of aromatic amines is 1. The zero-order valence-electron chi connectivity index (χ0n) is 11.2. The van der Waals surface area contributed by atoms with E-state index in [0.29, 0.717) is 5.56 Å². The number of hydrogen-bond donors (Lipinski definition) is 4. The van der Waals surface area contributed by atoms with Crippen molar-refractivity contribution < 1.29 is 14.9 Å². The van der Waals surface area contributed by atoms with Crippen molar-refractivity contribution in [2.75, 3.05) is 13.2 Å². The highest BCUT2D eigenvalue weighted by Crippen LogP contribution is 2.37. The lowest BCUT2D eigenvalue weighted by atomic mass is 9.94. The highest BCUT2D eigenvalue weighted by atomic mass is 16.6. The van der Waals surface area contributed by atoms with Gasteiger partial charge < -0.3 is 20.7 Å². The van der Waals surface area contributed by atoms with Crippen molar-refractivity contribution in [3.8, 4) is 0 Å². The smallest absolute Gasteiger partial charge is 0.330 e. The summed E-state index contributed by atoms with van der Waals surface area (Å²) in [6.07, 6.45) is 0.130. The SMILES string of the molecule is Cc1cn([C@H]2C[C@H](O)[C@](CO)(CCN)O2)c(=O)[nH]c1=O. The van der Waals surface area contributed by atoms with E-state index >= 15 is 0 Å². The van der Waals surface area contributed by atoms with Crippen LogP contribution < -0.4 is 17.0 Å². The van der Waals surface area contributed by atoms with Crippen LogP contribution in [0.4, 0.5) is 0 Å². The van der Waals surface area contributed by atoms with E-state index in [1.165, 1.54) is 10.8 Å². The molecule has 0 bridgehead atoms. The minimum atomic E-state index is -1.16. The molecule has 1 aromatic rings. The monoisotopic (exact) mass is 285 g/mol. The molecule has 5 N–H and O–H groups in total. The summed E-state index contributed by atoms with van der Waals surface area (Å²) in [5, 5.41) is 19.6. The highest BCUT2D eigenvalue weighted by Gasteiger charge is 2.48. The maximum absolute atomic E-state index is 11.8. The van der Waals surface area contributed by atoms with Crippen molar-refractivity contribution in [3.63, 3.8) is 0 Å². The molecule has 0 saturated carbocycles. The van der Waals surface area contributed by atoms with Crippen LogP contribution in [0.3, 0.4) is 0 Å². The largest absolute Gasteiger partial charge is 0.393 e. The second-order valence-electron chi connectivity index (χ2n) is 5.06. The summed E-state index contributed by atoms with van der Waals surface area (Å²) in [5.41, 5.74) is 3.60. The maximum Gasteiger partial charge on any atom is 0.330 e. The van der Waals surface area contributed by atoms with Gasteiger partial charge in [-0.25, -0.2) is 4.79 Å². The number of aryl methyl sites for hydroxylation is 1. The topological polar surface area (TPSA) is 131 Å². The van der Waals surface area contributed by atoms with E-state index in [-0.39, 0.29) is 26.0 Å². The van der Waals surface area contributed by atoms with Crippen LogP contribution in [0.2, 0.25) is 0 Å². The first-order chi connectivity index (χ1) is 9.43. The van der Waals surface area contributed by atoms with E-state index in [2.05, 4.69) is 4.98 Å². The molecule has 0 aromatic carbocycles. The van der Waals surface area contributed by atoms with Gasteiger partial charge in [0, 0.05) is 18.2 Å². The maximum atomic E-state index is 11.8. The van der Waals surface area contributed by atoms with Crippen molar-refractivity contribution in [1.29, 1.82) is 0 Å². The van der Waals surface area contributed by atoms with Gasteiger partial charge in [-0.3, -0.25) is 14.3 Å². The Balaban J connectivity index is 2.35. The molecule has 1 aliphatic rings. The molecule has 112 valence electrons. The summed E-state index contributed by atoms with van der Waals surface area (Å²) in [6.45, 7) is 1.42. The average molecular weight is 285 g/mol. The molecule has 2 rings (SSSR count). The van der Waals surface area contributed by atoms with Gasteiger partial charge in [-0.15, -0.1) is 0 Å². The predicted octanol–water partition coefficient (Wildman–Crippen LogP) is -1.80. The van der Waals surface area contributed by atoms with Gasteiger partial charge in [-0.05, 0) is 19.9 Å². The Morgan fingerprint density at radius 3 is 2.90 bits per heavy atom. The van der Waals surface area contributed by atoms with Gasteiger partial charge in [0.2, 0.25) is 0 Å². The number of nitrogens with two attached hydrogens (primary N) is 1. The van der Waals surface area contributed by atoms with Gasteiger partial charge in [-0.1, -0.05) is 0 Å². The van der Waals surface area contributed by atoms with Crippen LogP contribution in [0.5, 0.6) is 0 Å². The fraction of sp³-hybridized carbons (Fsp3) is 0.667. The second-order valence-corrected chi connectivity index (χ2v) is 5.06. The molecule has 1 fully saturated rings. The minimum Gasteiger partial charge on any atom is -0.393 e. The average Bonchev–Trinajstić information content (AvgIpc) is 2.72. The zero-order chi connectivity index (χ0) is 14.9. The molecule has 3 atom stereocenters. The number of hydrogen-bond acceptors (Lipinski definition) is 6. The molecule has 8 heteroatoms. The first kappa shape index (κ1) is 14.9. The summed E-state index contributed by atoms with van der Waals surface area (Å²) >= 11 is 0. The van der Waals surface area contributed by atoms with E-state index in [4.69, 9.17) is 10.5 Å². The fourth-order valence-corrected chi connectivity index (χ4v) is 2.47. The molecule has 1 saturated heterocycles. The van der Waals surface area contributed by atoms with Crippen LogP contribution in [-0.4, -0.2) is 44.6 Å². The molecule has 0 radical (unpaired) electrons. The number of aromatic nitrogens is 2. The minimum absolute atomic E-state index is 0.145. The summed E-state index contributed by atoms with van der Waals surface area (Å²) in [4.78, 5) is 25.3. The van der Waals surface area contributed by atoms with E-state index in [1.807, 2.05) is 0 Å². The van der Waals surface area contributed by atoms with E-state index in [0.717, 1.165) is 0 Å². The molecule has 0 spiro atoms. The Morgan fingerprint density at radius 2 is 2.30 bits per heavy atom. The quantitative estimate of drug-likeness (QED) is 0.516. The summed E-state index contributed by atoms with van der Waals surface area (Å²) < 4.78 is 6.89. The summed E-state index contributed by atoms with van der Waals surface area (Å²) in [5.74, 6) is 0. The second kappa shape index (κ2) is 5.49. The van der Waals surface area contributed by atoms with Crippen LogP contribution in [-0.2, 0) is 4.74 Å². The van der Waals surface area contributed by atoms with Crippen molar-refractivity contribution in [2.24, 2.45) is 5.73 Å². The van der Waals surface area contributed by atoms with E-state index in [9.17, 15) is 19.8 Å². The Hall–Kier alpha value is -1.48. The van der Waals surface area contributed by atoms with E-state index in [1.54, 1.807) is 6.92 Å².